The number of carbonyl (C=O) groups is 1. The summed E-state index contributed by atoms with van der Waals surface area (Å²) in [6.07, 6.45) is 4.46. The first kappa shape index (κ1) is 28.7. The van der Waals surface area contributed by atoms with E-state index in [-0.39, 0.29) is 11.8 Å². The molecule has 198 valence electrons. The molecule has 2 nitrogen and oxygen atoms in total. The van der Waals surface area contributed by atoms with E-state index in [1.54, 1.807) is 0 Å². The smallest absolute Gasteiger partial charge is 0.307 e. The van der Waals surface area contributed by atoms with Crippen LogP contribution in [0.5, 0.6) is 0 Å². The normalized spacial score (nSPS) is 13.0. The Kier molecular flexibility index (Phi) is 9.05. The minimum absolute atomic E-state index is 0.0313. The number of hydrogen-bond donors (Lipinski definition) is 1. The van der Waals surface area contributed by atoms with Crippen molar-refractivity contribution >= 4 is 5.97 Å². The average molecular weight is 499 g/mol. The minimum Gasteiger partial charge on any atom is -0.481 e. The molecular formula is C35H46O2. The van der Waals surface area contributed by atoms with E-state index < -0.39 is 5.97 Å². The molecule has 0 saturated carbocycles. The van der Waals surface area contributed by atoms with Crippen molar-refractivity contribution in [2.24, 2.45) is 11.3 Å². The molecule has 3 aromatic rings. The molecule has 3 aromatic carbocycles. The predicted octanol–water partition coefficient (Wildman–Crippen LogP) is 9.32. The topological polar surface area (TPSA) is 37.3 Å². The van der Waals surface area contributed by atoms with Crippen molar-refractivity contribution < 1.29 is 9.90 Å². The number of hydrogen-bond acceptors (Lipinski definition) is 1. The van der Waals surface area contributed by atoms with E-state index in [4.69, 9.17) is 0 Å². The fourth-order valence-electron chi connectivity index (χ4n) is 5.62. The van der Waals surface area contributed by atoms with E-state index in [1.165, 1.54) is 34.2 Å². The molecule has 0 aliphatic carbocycles. The van der Waals surface area contributed by atoms with Crippen LogP contribution < -0.4 is 0 Å². The third kappa shape index (κ3) is 6.53. The molecule has 3 rings (SSSR count). The lowest BCUT2D eigenvalue weighted by molar-refractivity contribution is -0.136. The van der Waals surface area contributed by atoms with Crippen LogP contribution in [0.1, 0.15) is 94.2 Å². The van der Waals surface area contributed by atoms with Crippen molar-refractivity contribution in [1.82, 2.24) is 0 Å². The summed E-state index contributed by atoms with van der Waals surface area (Å²) in [6, 6.07) is 21.9. The average Bonchev–Trinajstić information content (AvgIpc) is 2.83. The van der Waals surface area contributed by atoms with Gasteiger partial charge in [0.1, 0.15) is 0 Å². The van der Waals surface area contributed by atoms with Crippen LogP contribution in [0.3, 0.4) is 0 Å². The highest BCUT2D eigenvalue weighted by atomic mass is 16.4. The SMILES string of the molecule is CCC(CC)(c1ccc(CCC(C)C(C)(C)C)c(C)c1)c1ccc(-c2cccc(CC(=O)O)c2)c(C)c1. The molecule has 0 spiro atoms. The van der Waals surface area contributed by atoms with Gasteiger partial charge in [-0.2, -0.15) is 0 Å². The summed E-state index contributed by atoms with van der Waals surface area (Å²) in [6.45, 7) is 18.4. The van der Waals surface area contributed by atoms with Crippen molar-refractivity contribution in [1.29, 1.82) is 0 Å². The molecule has 0 heterocycles. The van der Waals surface area contributed by atoms with Gasteiger partial charge in [0.2, 0.25) is 0 Å². The van der Waals surface area contributed by atoms with Gasteiger partial charge in [0.15, 0.2) is 0 Å². The van der Waals surface area contributed by atoms with Crippen LogP contribution in [0, 0.1) is 25.2 Å². The zero-order valence-electron chi connectivity index (χ0n) is 24.2. The van der Waals surface area contributed by atoms with Gasteiger partial charge in [-0.25, -0.2) is 0 Å². The zero-order valence-corrected chi connectivity index (χ0v) is 24.2. The lowest BCUT2D eigenvalue weighted by atomic mass is 9.69. The summed E-state index contributed by atoms with van der Waals surface area (Å²) >= 11 is 0. The molecule has 2 heteroatoms. The van der Waals surface area contributed by atoms with Crippen molar-refractivity contribution in [3.8, 4) is 11.1 Å². The molecule has 0 saturated heterocycles. The van der Waals surface area contributed by atoms with Gasteiger partial charge < -0.3 is 5.11 Å². The molecule has 0 radical (unpaired) electrons. The van der Waals surface area contributed by atoms with Gasteiger partial charge in [-0.15, -0.1) is 0 Å². The monoisotopic (exact) mass is 498 g/mol. The molecule has 1 N–H and O–H groups in total. The maximum Gasteiger partial charge on any atom is 0.307 e. The van der Waals surface area contributed by atoms with Crippen molar-refractivity contribution in [3.05, 3.63) is 94.0 Å². The second-order valence-electron chi connectivity index (χ2n) is 12.0. The number of aliphatic carboxylic acids is 1. The number of carboxylic acids is 1. The lowest BCUT2D eigenvalue weighted by Crippen LogP contribution is -2.26. The molecule has 0 aromatic heterocycles. The van der Waals surface area contributed by atoms with Gasteiger partial charge >= 0.3 is 5.97 Å². The first-order valence-corrected chi connectivity index (χ1v) is 13.9. The van der Waals surface area contributed by atoms with E-state index in [9.17, 15) is 9.90 Å². The highest BCUT2D eigenvalue weighted by molar-refractivity contribution is 5.73. The Morgan fingerprint density at radius 2 is 1.49 bits per heavy atom. The van der Waals surface area contributed by atoms with E-state index >= 15 is 0 Å². The third-order valence-electron chi connectivity index (χ3n) is 8.80. The second kappa shape index (κ2) is 11.7. The van der Waals surface area contributed by atoms with Crippen LogP contribution in [0.25, 0.3) is 11.1 Å². The Morgan fingerprint density at radius 3 is 2.03 bits per heavy atom. The lowest BCUT2D eigenvalue weighted by Gasteiger charge is -2.34. The van der Waals surface area contributed by atoms with Gasteiger partial charge in [0.05, 0.1) is 6.42 Å². The van der Waals surface area contributed by atoms with Gasteiger partial charge in [-0.05, 0) is 95.4 Å². The highest BCUT2D eigenvalue weighted by Crippen LogP contribution is 2.41. The Labute approximate surface area is 225 Å². The van der Waals surface area contributed by atoms with Gasteiger partial charge in [0.25, 0.3) is 0 Å². The van der Waals surface area contributed by atoms with Crippen LogP contribution in [0.2, 0.25) is 0 Å². The maximum absolute atomic E-state index is 11.2. The fraction of sp³-hybridized carbons (Fsp3) is 0.457. The molecule has 1 unspecified atom stereocenters. The first-order valence-electron chi connectivity index (χ1n) is 13.9. The van der Waals surface area contributed by atoms with E-state index in [2.05, 4.69) is 97.9 Å². The van der Waals surface area contributed by atoms with E-state index in [1.807, 2.05) is 18.2 Å². The zero-order chi connectivity index (χ0) is 27.4. The standard InChI is InChI=1S/C35H46O2/c1-9-35(10-2,30-17-16-28(24(3)20-30)15-14-26(5)34(6,7)8)31-18-19-32(25(4)21-31)29-13-11-12-27(22-29)23-33(36)37/h11-13,16-22,26H,9-10,14-15,23H2,1-8H3,(H,36,37). The van der Waals surface area contributed by atoms with Crippen LogP contribution >= 0.6 is 0 Å². The molecule has 0 aliphatic rings. The predicted molar refractivity (Wildman–Crippen MR) is 157 cm³/mol. The number of rotatable bonds is 10. The first-order chi connectivity index (χ1) is 17.4. The van der Waals surface area contributed by atoms with Crippen LogP contribution in [-0.2, 0) is 23.1 Å². The summed E-state index contributed by atoms with van der Waals surface area (Å²) in [4.78, 5) is 11.2. The molecular weight excluding hydrogens is 452 g/mol. The van der Waals surface area contributed by atoms with Gasteiger partial charge in [0, 0.05) is 5.41 Å². The summed E-state index contributed by atoms with van der Waals surface area (Å²) in [5.41, 5.74) is 10.2. The maximum atomic E-state index is 11.2. The number of carboxylic acid groups (broad SMARTS) is 1. The summed E-state index contributed by atoms with van der Waals surface area (Å²) in [7, 11) is 0. The fourth-order valence-corrected chi connectivity index (χ4v) is 5.62. The summed E-state index contributed by atoms with van der Waals surface area (Å²) < 4.78 is 0. The summed E-state index contributed by atoms with van der Waals surface area (Å²) in [5.74, 6) is -0.117. The van der Waals surface area contributed by atoms with Gasteiger partial charge in [-0.3, -0.25) is 4.79 Å². The third-order valence-corrected chi connectivity index (χ3v) is 8.80. The summed E-state index contributed by atoms with van der Waals surface area (Å²) in [5, 5.41) is 9.19. The van der Waals surface area contributed by atoms with Crippen LogP contribution in [-0.4, -0.2) is 11.1 Å². The Balaban J connectivity index is 1.94. The Morgan fingerprint density at radius 1 is 0.865 bits per heavy atom. The number of aryl methyl sites for hydroxylation is 3. The molecule has 1 atom stereocenters. The molecule has 0 bridgehead atoms. The van der Waals surface area contributed by atoms with Crippen molar-refractivity contribution in [3.63, 3.8) is 0 Å². The molecule has 0 aliphatic heterocycles. The van der Waals surface area contributed by atoms with Crippen molar-refractivity contribution in [2.45, 2.75) is 92.9 Å². The van der Waals surface area contributed by atoms with Crippen LogP contribution in [0.15, 0.2) is 60.7 Å². The molecule has 0 fully saturated rings. The minimum atomic E-state index is -0.801. The van der Waals surface area contributed by atoms with Gasteiger partial charge in [-0.1, -0.05) is 102 Å². The Hall–Kier alpha value is -2.87. The molecule has 0 amide bonds. The highest BCUT2D eigenvalue weighted by Gasteiger charge is 2.31. The van der Waals surface area contributed by atoms with Crippen LogP contribution in [0.4, 0.5) is 0 Å². The molecule has 37 heavy (non-hydrogen) atoms. The quantitative estimate of drug-likeness (QED) is 0.302. The van der Waals surface area contributed by atoms with E-state index in [0.29, 0.717) is 11.3 Å². The Bertz CT molecular complexity index is 1220. The van der Waals surface area contributed by atoms with E-state index in [0.717, 1.165) is 36.0 Å². The number of benzene rings is 3. The van der Waals surface area contributed by atoms with Crippen molar-refractivity contribution in [2.75, 3.05) is 0 Å². The second-order valence-corrected chi connectivity index (χ2v) is 12.0. The largest absolute Gasteiger partial charge is 0.481 e.